The van der Waals surface area contributed by atoms with Crippen molar-refractivity contribution >= 4 is 28.8 Å². The Morgan fingerprint density at radius 2 is 1.86 bits per heavy atom. The van der Waals surface area contributed by atoms with Crippen LogP contribution in [-0.4, -0.2) is 9.38 Å². The van der Waals surface area contributed by atoms with Gasteiger partial charge in [0.15, 0.2) is 0 Å². The van der Waals surface area contributed by atoms with E-state index in [4.69, 9.17) is 0 Å². The van der Waals surface area contributed by atoms with Crippen molar-refractivity contribution in [2.24, 2.45) is 0 Å². The number of fused-ring (bicyclic) bond motifs is 3. The van der Waals surface area contributed by atoms with E-state index in [1.807, 2.05) is 35.1 Å². The van der Waals surface area contributed by atoms with Crippen LogP contribution in [0.3, 0.4) is 0 Å². The Bertz CT molecular complexity index is 571. The molecule has 0 amide bonds. The monoisotopic (exact) mass is 204 g/mol. The number of rotatable bonds is 0. The van der Waals surface area contributed by atoms with Crippen LogP contribution in [-0.2, 0) is 0 Å². The highest BCUT2D eigenvalue weighted by atomic mass is 35.5. The molecule has 2 heterocycles. The van der Waals surface area contributed by atoms with Crippen LogP contribution >= 0.6 is 12.4 Å². The van der Waals surface area contributed by atoms with E-state index in [1.165, 1.54) is 10.8 Å². The maximum absolute atomic E-state index is 4.31. The van der Waals surface area contributed by atoms with Crippen molar-refractivity contribution in [2.75, 3.05) is 0 Å². The van der Waals surface area contributed by atoms with Gasteiger partial charge in [-0.05, 0) is 11.5 Å². The third-order valence-corrected chi connectivity index (χ3v) is 2.29. The minimum absolute atomic E-state index is 0. The summed E-state index contributed by atoms with van der Waals surface area (Å²) in [5.74, 6) is 0. The quantitative estimate of drug-likeness (QED) is 0.551. The van der Waals surface area contributed by atoms with Crippen molar-refractivity contribution in [1.82, 2.24) is 9.38 Å². The Morgan fingerprint density at radius 1 is 1.00 bits per heavy atom. The number of aromatic nitrogens is 2. The average Bonchev–Trinajstić information content (AvgIpc) is 2.65. The molecule has 3 aromatic rings. The van der Waals surface area contributed by atoms with Gasteiger partial charge in [-0.1, -0.05) is 24.3 Å². The second kappa shape index (κ2) is 3.31. The summed E-state index contributed by atoms with van der Waals surface area (Å²) in [6, 6.07) is 10.4. The first-order valence-electron chi connectivity index (χ1n) is 4.25. The molecule has 14 heavy (non-hydrogen) atoms. The molecule has 3 heteroatoms. The lowest BCUT2D eigenvalue weighted by molar-refractivity contribution is 1.20. The van der Waals surface area contributed by atoms with Crippen LogP contribution in [0.5, 0.6) is 0 Å². The molecule has 0 N–H and O–H groups in total. The van der Waals surface area contributed by atoms with Gasteiger partial charge in [0, 0.05) is 24.0 Å². The van der Waals surface area contributed by atoms with Crippen molar-refractivity contribution in [3.05, 3.63) is 48.9 Å². The number of halogens is 1. The van der Waals surface area contributed by atoms with E-state index < -0.39 is 0 Å². The van der Waals surface area contributed by atoms with E-state index in [1.54, 1.807) is 0 Å². The number of hydrogen-bond donors (Lipinski definition) is 0. The topological polar surface area (TPSA) is 17.3 Å². The Balaban J connectivity index is 0.000000750. The van der Waals surface area contributed by atoms with Crippen LogP contribution in [0.4, 0.5) is 0 Å². The molecule has 2 nitrogen and oxygen atoms in total. The summed E-state index contributed by atoms with van der Waals surface area (Å²) < 4.78 is 2.03. The standard InChI is InChI=1S/C11H8N2.ClH/c1-2-4-10-9(3-1)5-7-13-8-6-12-11(10)13;/h1-8H;1H. The summed E-state index contributed by atoms with van der Waals surface area (Å²) in [6.45, 7) is 0. The Morgan fingerprint density at radius 3 is 2.79 bits per heavy atom. The molecule has 0 bridgehead atoms. The van der Waals surface area contributed by atoms with Gasteiger partial charge in [-0.3, -0.25) is 0 Å². The zero-order chi connectivity index (χ0) is 8.67. The minimum Gasteiger partial charge on any atom is -0.307 e. The summed E-state index contributed by atoms with van der Waals surface area (Å²) in [6.07, 6.45) is 5.81. The van der Waals surface area contributed by atoms with E-state index in [0.717, 1.165) is 5.65 Å². The first-order chi connectivity index (χ1) is 6.45. The van der Waals surface area contributed by atoms with Crippen LogP contribution in [0.15, 0.2) is 48.9 Å². The third kappa shape index (κ3) is 1.16. The molecule has 0 aliphatic heterocycles. The Labute approximate surface area is 87.6 Å². The number of hydrogen-bond acceptors (Lipinski definition) is 1. The van der Waals surface area contributed by atoms with Crippen LogP contribution in [0, 0.1) is 0 Å². The second-order valence-corrected chi connectivity index (χ2v) is 3.06. The zero-order valence-corrected chi connectivity index (χ0v) is 8.24. The zero-order valence-electron chi connectivity index (χ0n) is 7.42. The molecule has 0 atom stereocenters. The van der Waals surface area contributed by atoms with Gasteiger partial charge in [-0.2, -0.15) is 0 Å². The highest BCUT2D eigenvalue weighted by molar-refractivity contribution is 5.93. The maximum atomic E-state index is 4.31. The molecule has 2 aromatic heterocycles. The van der Waals surface area contributed by atoms with Gasteiger partial charge in [0.05, 0.1) is 0 Å². The van der Waals surface area contributed by atoms with Crippen LogP contribution in [0.25, 0.3) is 16.4 Å². The highest BCUT2D eigenvalue weighted by Gasteiger charge is 1.98. The molecular weight excluding hydrogens is 196 g/mol. The lowest BCUT2D eigenvalue weighted by atomic mass is 10.2. The van der Waals surface area contributed by atoms with Crippen molar-refractivity contribution in [3.63, 3.8) is 0 Å². The lowest BCUT2D eigenvalue weighted by Gasteiger charge is -1.98. The average molecular weight is 205 g/mol. The van der Waals surface area contributed by atoms with Gasteiger partial charge in [0.2, 0.25) is 0 Å². The van der Waals surface area contributed by atoms with Crippen LogP contribution < -0.4 is 0 Å². The van der Waals surface area contributed by atoms with Crippen molar-refractivity contribution in [1.29, 1.82) is 0 Å². The predicted molar refractivity (Wildman–Crippen MR) is 59.9 cm³/mol. The first kappa shape index (κ1) is 9.03. The molecule has 0 unspecified atom stereocenters. The molecule has 3 rings (SSSR count). The smallest absolute Gasteiger partial charge is 0.144 e. The molecule has 0 spiro atoms. The van der Waals surface area contributed by atoms with Gasteiger partial charge in [-0.25, -0.2) is 4.98 Å². The van der Waals surface area contributed by atoms with Gasteiger partial charge in [-0.15, -0.1) is 12.4 Å². The highest BCUT2D eigenvalue weighted by Crippen LogP contribution is 2.17. The molecule has 0 fully saturated rings. The molecular formula is C11H9ClN2. The second-order valence-electron chi connectivity index (χ2n) is 3.06. The van der Waals surface area contributed by atoms with Crippen molar-refractivity contribution < 1.29 is 0 Å². The summed E-state index contributed by atoms with van der Waals surface area (Å²) in [5, 5.41) is 2.44. The van der Waals surface area contributed by atoms with Gasteiger partial charge in [0.1, 0.15) is 5.65 Å². The van der Waals surface area contributed by atoms with Crippen molar-refractivity contribution in [3.8, 4) is 0 Å². The van der Waals surface area contributed by atoms with Gasteiger partial charge < -0.3 is 4.40 Å². The molecule has 0 saturated heterocycles. The van der Waals surface area contributed by atoms with Crippen LogP contribution in [0.1, 0.15) is 0 Å². The molecule has 0 saturated carbocycles. The molecule has 0 aliphatic carbocycles. The summed E-state index contributed by atoms with van der Waals surface area (Å²) >= 11 is 0. The summed E-state index contributed by atoms with van der Waals surface area (Å²) in [7, 11) is 0. The van der Waals surface area contributed by atoms with Gasteiger partial charge in [0.25, 0.3) is 0 Å². The van der Waals surface area contributed by atoms with E-state index >= 15 is 0 Å². The predicted octanol–water partition coefficient (Wildman–Crippen LogP) is 2.91. The fourth-order valence-electron chi connectivity index (χ4n) is 1.65. The number of pyridine rings is 1. The molecule has 0 radical (unpaired) electrons. The first-order valence-corrected chi connectivity index (χ1v) is 4.25. The molecule has 0 aliphatic rings. The Kier molecular flexibility index (Phi) is 2.14. The van der Waals surface area contributed by atoms with Gasteiger partial charge >= 0.3 is 0 Å². The number of nitrogens with zero attached hydrogens (tertiary/aromatic N) is 2. The van der Waals surface area contributed by atoms with E-state index in [0.29, 0.717) is 0 Å². The van der Waals surface area contributed by atoms with Crippen LogP contribution in [0.2, 0.25) is 0 Å². The van der Waals surface area contributed by atoms with E-state index in [2.05, 4.69) is 23.2 Å². The lowest BCUT2D eigenvalue weighted by Crippen LogP contribution is -1.83. The van der Waals surface area contributed by atoms with Crippen molar-refractivity contribution in [2.45, 2.75) is 0 Å². The summed E-state index contributed by atoms with van der Waals surface area (Å²) in [4.78, 5) is 4.31. The normalized spacial score (nSPS) is 10.3. The molecule has 1 aromatic carbocycles. The minimum atomic E-state index is 0. The number of imidazole rings is 1. The molecule has 70 valence electrons. The van der Waals surface area contributed by atoms with E-state index in [9.17, 15) is 0 Å². The third-order valence-electron chi connectivity index (χ3n) is 2.29. The fourth-order valence-corrected chi connectivity index (χ4v) is 1.65. The summed E-state index contributed by atoms with van der Waals surface area (Å²) in [5.41, 5.74) is 1.03. The fraction of sp³-hybridized carbons (Fsp3) is 0. The maximum Gasteiger partial charge on any atom is 0.144 e. The van der Waals surface area contributed by atoms with E-state index in [-0.39, 0.29) is 12.4 Å². The largest absolute Gasteiger partial charge is 0.307 e. The SMILES string of the molecule is Cl.c1ccc2c(c1)ccn1ccnc21. The number of benzene rings is 1. The Hall–Kier alpha value is -1.54.